The highest BCUT2D eigenvalue weighted by molar-refractivity contribution is 5.95. The summed E-state index contributed by atoms with van der Waals surface area (Å²) in [6.45, 7) is 1.75. The number of rotatable bonds is 4. The van der Waals surface area contributed by atoms with Gasteiger partial charge in [0.2, 0.25) is 0 Å². The van der Waals surface area contributed by atoms with Crippen molar-refractivity contribution >= 4 is 11.7 Å². The zero-order valence-electron chi connectivity index (χ0n) is 11.4. The van der Waals surface area contributed by atoms with Crippen molar-refractivity contribution in [2.45, 2.75) is 13.0 Å². The van der Waals surface area contributed by atoms with Gasteiger partial charge in [0.15, 0.2) is 0 Å². The first kappa shape index (κ1) is 14.0. The fourth-order valence-electron chi connectivity index (χ4n) is 1.89. The highest BCUT2D eigenvalue weighted by Crippen LogP contribution is 2.17. The van der Waals surface area contributed by atoms with Crippen molar-refractivity contribution < 1.29 is 9.18 Å². The Morgan fingerprint density at radius 3 is 2.75 bits per heavy atom. The number of carbonyl (C=O) groups excluding carboxylic acids is 1. The van der Waals surface area contributed by atoms with Gasteiger partial charge in [0.05, 0.1) is 6.04 Å². The van der Waals surface area contributed by atoms with E-state index >= 15 is 0 Å². The molecule has 2 N–H and O–H groups in total. The number of carbonyl (C=O) groups is 1. The fourth-order valence-corrected chi connectivity index (χ4v) is 1.89. The average molecular weight is 273 g/mol. The van der Waals surface area contributed by atoms with Crippen LogP contribution >= 0.6 is 0 Å². The molecule has 0 saturated carbocycles. The first-order valence-corrected chi connectivity index (χ1v) is 6.31. The van der Waals surface area contributed by atoms with Crippen LogP contribution in [0.15, 0.2) is 42.6 Å². The molecule has 20 heavy (non-hydrogen) atoms. The van der Waals surface area contributed by atoms with E-state index in [4.69, 9.17) is 0 Å². The van der Waals surface area contributed by atoms with Crippen LogP contribution in [0.3, 0.4) is 0 Å². The highest BCUT2D eigenvalue weighted by atomic mass is 19.1. The van der Waals surface area contributed by atoms with Crippen LogP contribution < -0.4 is 10.6 Å². The summed E-state index contributed by atoms with van der Waals surface area (Å²) < 4.78 is 13.6. The molecule has 1 amide bonds. The lowest BCUT2D eigenvalue weighted by atomic mass is 10.1. The lowest BCUT2D eigenvalue weighted by Crippen LogP contribution is -2.27. The lowest BCUT2D eigenvalue weighted by Gasteiger charge is -2.15. The molecule has 0 bridgehead atoms. The molecule has 0 aliphatic rings. The summed E-state index contributed by atoms with van der Waals surface area (Å²) in [6, 6.07) is 9.25. The second-order valence-corrected chi connectivity index (χ2v) is 4.40. The van der Waals surface area contributed by atoms with Crippen LogP contribution in [-0.2, 0) is 0 Å². The Morgan fingerprint density at radius 1 is 1.30 bits per heavy atom. The molecule has 0 aliphatic heterocycles. The van der Waals surface area contributed by atoms with E-state index in [1.165, 1.54) is 6.07 Å². The second kappa shape index (κ2) is 6.14. The molecule has 1 atom stereocenters. The van der Waals surface area contributed by atoms with Gasteiger partial charge in [0, 0.05) is 24.4 Å². The Bertz CT molecular complexity index is 616. The maximum Gasteiger partial charge on any atom is 0.251 e. The SMILES string of the molecule is CNc1cc(C(=O)NC(C)c2ccccc2F)ccn1. The van der Waals surface area contributed by atoms with Crippen molar-refractivity contribution in [2.75, 3.05) is 12.4 Å². The van der Waals surface area contributed by atoms with Crippen molar-refractivity contribution in [1.29, 1.82) is 0 Å². The van der Waals surface area contributed by atoms with E-state index < -0.39 is 6.04 Å². The minimum absolute atomic E-state index is 0.264. The summed E-state index contributed by atoms with van der Waals surface area (Å²) in [5.41, 5.74) is 0.941. The molecule has 5 heteroatoms. The highest BCUT2D eigenvalue weighted by Gasteiger charge is 2.14. The molecule has 1 heterocycles. The third-order valence-electron chi connectivity index (χ3n) is 3.00. The summed E-state index contributed by atoms with van der Waals surface area (Å²) in [5, 5.41) is 5.64. The summed E-state index contributed by atoms with van der Waals surface area (Å²) in [7, 11) is 1.73. The van der Waals surface area contributed by atoms with Crippen LogP contribution in [-0.4, -0.2) is 17.9 Å². The van der Waals surface area contributed by atoms with Gasteiger partial charge in [0.1, 0.15) is 11.6 Å². The van der Waals surface area contributed by atoms with Crippen molar-refractivity contribution in [2.24, 2.45) is 0 Å². The van der Waals surface area contributed by atoms with Gasteiger partial charge in [-0.3, -0.25) is 4.79 Å². The van der Waals surface area contributed by atoms with E-state index in [1.807, 2.05) is 0 Å². The molecule has 4 nitrogen and oxygen atoms in total. The number of anilines is 1. The zero-order chi connectivity index (χ0) is 14.5. The summed E-state index contributed by atoms with van der Waals surface area (Å²) in [5.74, 6) is 0.0155. The molecule has 0 spiro atoms. The smallest absolute Gasteiger partial charge is 0.251 e. The van der Waals surface area contributed by atoms with Crippen LogP contribution in [0, 0.1) is 5.82 Å². The van der Waals surface area contributed by atoms with E-state index in [0.717, 1.165) is 0 Å². The van der Waals surface area contributed by atoms with Gasteiger partial charge in [-0.2, -0.15) is 0 Å². The van der Waals surface area contributed by atoms with Gasteiger partial charge in [-0.1, -0.05) is 18.2 Å². The Balaban J connectivity index is 2.13. The van der Waals surface area contributed by atoms with E-state index in [-0.39, 0.29) is 11.7 Å². The van der Waals surface area contributed by atoms with Crippen molar-refractivity contribution in [1.82, 2.24) is 10.3 Å². The standard InChI is InChI=1S/C15H16FN3O/c1-10(12-5-3-4-6-13(12)16)19-15(20)11-7-8-18-14(9-11)17-2/h3-10H,1-2H3,(H,17,18)(H,19,20). The van der Waals surface area contributed by atoms with Crippen LogP contribution in [0.25, 0.3) is 0 Å². The average Bonchev–Trinajstić information content (AvgIpc) is 2.47. The number of hydrogen-bond donors (Lipinski definition) is 2. The first-order chi connectivity index (χ1) is 9.61. The number of hydrogen-bond acceptors (Lipinski definition) is 3. The van der Waals surface area contributed by atoms with E-state index in [1.54, 1.807) is 50.5 Å². The van der Waals surface area contributed by atoms with Gasteiger partial charge >= 0.3 is 0 Å². The maximum absolute atomic E-state index is 13.6. The number of nitrogens with one attached hydrogen (secondary N) is 2. The number of halogens is 1. The third kappa shape index (κ3) is 3.12. The molecule has 1 unspecified atom stereocenters. The summed E-state index contributed by atoms with van der Waals surface area (Å²) >= 11 is 0. The monoisotopic (exact) mass is 273 g/mol. The molecule has 0 aliphatic carbocycles. The van der Waals surface area contributed by atoms with Crippen molar-refractivity contribution in [3.05, 3.63) is 59.5 Å². The quantitative estimate of drug-likeness (QED) is 0.900. The van der Waals surface area contributed by atoms with Gasteiger partial charge in [-0.25, -0.2) is 9.37 Å². The molecule has 1 aromatic heterocycles. The second-order valence-electron chi connectivity index (χ2n) is 4.40. The number of amides is 1. The molecule has 2 rings (SSSR count). The van der Waals surface area contributed by atoms with Crippen LogP contribution in [0.5, 0.6) is 0 Å². The molecule has 104 valence electrons. The number of nitrogens with zero attached hydrogens (tertiary/aromatic N) is 1. The van der Waals surface area contributed by atoms with Crippen LogP contribution in [0.4, 0.5) is 10.2 Å². The maximum atomic E-state index is 13.6. The van der Waals surface area contributed by atoms with E-state index in [2.05, 4.69) is 15.6 Å². The molecule has 0 fully saturated rings. The number of aromatic nitrogens is 1. The number of benzene rings is 1. The fraction of sp³-hybridized carbons (Fsp3) is 0.200. The van der Waals surface area contributed by atoms with Gasteiger partial charge in [-0.15, -0.1) is 0 Å². The Kier molecular flexibility index (Phi) is 4.30. The Labute approximate surface area is 117 Å². The molecular formula is C15H16FN3O. The van der Waals surface area contributed by atoms with Crippen molar-refractivity contribution in [3.8, 4) is 0 Å². The molecule has 1 aromatic carbocycles. The zero-order valence-corrected chi connectivity index (χ0v) is 11.4. The molecule has 0 saturated heterocycles. The largest absolute Gasteiger partial charge is 0.373 e. The Morgan fingerprint density at radius 2 is 2.05 bits per heavy atom. The minimum atomic E-state index is -0.407. The van der Waals surface area contributed by atoms with Crippen molar-refractivity contribution in [3.63, 3.8) is 0 Å². The normalized spacial score (nSPS) is 11.8. The Hall–Kier alpha value is -2.43. The predicted molar refractivity (Wildman–Crippen MR) is 76.1 cm³/mol. The topological polar surface area (TPSA) is 54.0 Å². The lowest BCUT2D eigenvalue weighted by molar-refractivity contribution is 0.0939. The predicted octanol–water partition coefficient (Wildman–Crippen LogP) is 2.75. The van der Waals surface area contributed by atoms with Gasteiger partial charge in [-0.05, 0) is 25.1 Å². The van der Waals surface area contributed by atoms with Gasteiger partial charge in [0.25, 0.3) is 5.91 Å². The van der Waals surface area contributed by atoms with Gasteiger partial charge < -0.3 is 10.6 Å². The van der Waals surface area contributed by atoms with E-state index in [9.17, 15) is 9.18 Å². The van der Waals surface area contributed by atoms with Crippen LogP contribution in [0.2, 0.25) is 0 Å². The van der Waals surface area contributed by atoms with E-state index in [0.29, 0.717) is 16.9 Å². The molecule has 2 aromatic rings. The molecule has 0 radical (unpaired) electrons. The first-order valence-electron chi connectivity index (χ1n) is 6.31. The van der Waals surface area contributed by atoms with Crippen LogP contribution in [0.1, 0.15) is 28.9 Å². The minimum Gasteiger partial charge on any atom is -0.373 e. The third-order valence-corrected chi connectivity index (χ3v) is 3.00. The summed E-state index contributed by atoms with van der Waals surface area (Å²) in [6.07, 6.45) is 1.55. The number of pyridine rings is 1. The molecular weight excluding hydrogens is 257 g/mol. The summed E-state index contributed by atoms with van der Waals surface area (Å²) in [4.78, 5) is 16.2.